The summed E-state index contributed by atoms with van der Waals surface area (Å²) in [7, 11) is 1.21. The first-order chi connectivity index (χ1) is 5.26. The van der Waals surface area contributed by atoms with Gasteiger partial charge in [0.15, 0.2) is 6.10 Å². The van der Waals surface area contributed by atoms with Crippen molar-refractivity contribution < 1.29 is 19.4 Å². The van der Waals surface area contributed by atoms with Crippen molar-refractivity contribution >= 4 is 5.97 Å². The third-order valence-electron chi connectivity index (χ3n) is 0.998. The van der Waals surface area contributed by atoms with Crippen molar-refractivity contribution in [3.05, 3.63) is 0 Å². The molecule has 0 saturated heterocycles. The van der Waals surface area contributed by atoms with Gasteiger partial charge in [-0.2, -0.15) is 0 Å². The molecule has 4 nitrogen and oxygen atoms in total. The van der Waals surface area contributed by atoms with E-state index >= 15 is 0 Å². The molecule has 0 bridgehead atoms. The molecule has 0 aromatic heterocycles. The van der Waals surface area contributed by atoms with Crippen LogP contribution in [0.4, 0.5) is 0 Å². The van der Waals surface area contributed by atoms with Crippen LogP contribution in [0.25, 0.3) is 0 Å². The first-order valence-electron chi connectivity index (χ1n) is 3.00. The van der Waals surface area contributed by atoms with Crippen LogP contribution in [0.2, 0.25) is 0 Å². The van der Waals surface area contributed by atoms with Gasteiger partial charge in [0.05, 0.1) is 13.7 Å². The summed E-state index contributed by atoms with van der Waals surface area (Å²) in [5.41, 5.74) is 0. The number of esters is 1. The molecule has 62 valence electrons. The van der Waals surface area contributed by atoms with Gasteiger partial charge in [0.1, 0.15) is 6.61 Å². The molecule has 0 saturated carbocycles. The van der Waals surface area contributed by atoms with E-state index in [1.165, 1.54) is 7.11 Å². The smallest absolute Gasteiger partial charge is 0.337 e. The highest BCUT2D eigenvalue weighted by molar-refractivity contribution is 5.74. The zero-order valence-corrected chi connectivity index (χ0v) is 6.24. The summed E-state index contributed by atoms with van der Waals surface area (Å²) in [6.07, 6.45) is 3.90. The number of terminal acetylenes is 1. The molecule has 1 N–H and O–H groups in total. The lowest BCUT2D eigenvalue weighted by Crippen LogP contribution is -2.29. The lowest BCUT2D eigenvalue weighted by atomic mass is 10.4. The minimum Gasteiger partial charge on any atom is -0.467 e. The van der Waals surface area contributed by atoms with Crippen molar-refractivity contribution in [2.24, 2.45) is 0 Å². The van der Waals surface area contributed by atoms with Gasteiger partial charge < -0.3 is 14.6 Å². The van der Waals surface area contributed by atoms with Crippen molar-refractivity contribution in [3.8, 4) is 12.3 Å². The number of aliphatic hydroxyl groups excluding tert-OH is 1. The van der Waals surface area contributed by atoms with Gasteiger partial charge in [0.25, 0.3) is 0 Å². The summed E-state index contributed by atoms with van der Waals surface area (Å²) in [4.78, 5) is 10.7. The second-order valence-electron chi connectivity index (χ2n) is 1.71. The zero-order valence-electron chi connectivity index (χ0n) is 6.24. The van der Waals surface area contributed by atoms with Gasteiger partial charge in [0, 0.05) is 0 Å². The summed E-state index contributed by atoms with van der Waals surface area (Å²) in [5.74, 6) is 1.55. The monoisotopic (exact) mass is 158 g/mol. The van der Waals surface area contributed by atoms with Gasteiger partial charge in [-0.05, 0) is 0 Å². The van der Waals surface area contributed by atoms with E-state index in [4.69, 9.17) is 16.3 Å². The highest BCUT2D eigenvalue weighted by Gasteiger charge is 2.17. The average Bonchev–Trinajstić information content (AvgIpc) is 2.05. The Morgan fingerprint density at radius 3 is 2.82 bits per heavy atom. The molecule has 0 aliphatic rings. The summed E-state index contributed by atoms with van der Waals surface area (Å²) in [5, 5.41) is 8.56. The molecule has 0 amide bonds. The minimum absolute atomic E-state index is 0.0136. The lowest BCUT2D eigenvalue weighted by Gasteiger charge is -2.09. The number of methoxy groups -OCH3 is 1. The van der Waals surface area contributed by atoms with Crippen LogP contribution in [-0.2, 0) is 14.3 Å². The summed E-state index contributed by atoms with van der Waals surface area (Å²) in [6.45, 7) is -0.436. The Bertz CT molecular complexity index is 158. The van der Waals surface area contributed by atoms with Crippen LogP contribution in [0.1, 0.15) is 0 Å². The summed E-state index contributed by atoms with van der Waals surface area (Å²) >= 11 is 0. The van der Waals surface area contributed by atoms with Crippen molar-refractivity contribution in [1.82, 2.24) is 0 Å². The fourth-order valence-electron chi connectivity index (χ4n) is 0.475. The predicted octanol–water partition coefficient (Wildman–Crippen LogP) is -0.830. The quantitative estimate of drug-likeness (QED) is 0.428. The topological polar surface area (TPSA) is 55.8 Å². The molecular formula is C7H10O4. The second kappa shape index (κ2) is 5.71. The van der Waals surface area contributed by atoms with Crippen molar-refractivity contribution in [3.63, 3.8) is 0 Å². The number of hydrogen-bond acceptors (Lipinski definition) is 4. The molecule has 0 aromatic rings. The predicted molar refractivity (Wildman–Crippen MR) is 37.7 cm³/mol. The standard InChI is InChI=1S/C7H10O4/c1-3-4-11-6(5-8)7(9)10-2/h1,6,8H,4-5H2,2H3/t6-/m1/s1. The third kappa shape index (κ3) is 3.61. The fraction of sp³-hybridized carbons (Fsp3) is 0.571. The van der Waals surface area contributed by atoms with E-state index in [1.54, 1.807) is 0 Å². The van der Waals surface area contributed by atoms with Crippen LogP contribution >= 0.6 is 0 Å². The molecule has 0 rings (SSSR count). The number of hydrogen-bond donors (Lipinski definition) is 1. The Morgan fingerprint density at radius 2 is 2.45 bits per heavy atom. The van der Waals surface area contributed by atoms with Crippen LogP contribution in [-0.4, -0.2) is 37.5 Å². The Balaban J connectivity index is 3.77. The van der Waals surface area contributed by atoms with E-state index in [1.807, 2.05) is 0 Å². The Labute approximate surface area is 65.1 Å². The number of ether oxygens (including phenoxy) is 2. The molecule has 0 unspecified atom stereocenters. The molecule has 0 spiro atoms. The first kappa shape index (κ1) is 9.95. The molecule has 0 aliphatic carbocycles. The van der Waals surface area contributed by atoms with Crippen LogP contribution in [0, 0.1) is 12.3 Å². The van der Waals surface area contributed by atoms with E-state index < -0.39 is 18.7 Å². The van der Waals surface area contributed by atoms with Crippen LogP contribution < -0.4 is 0 Å². The maximum atomic E-state index is 10.7. The van der Waals surface area contributed by atoms with Crippen LogP contribution in [0.15, 0.2) is 0 Å². The van der Waals surface area contributed by atoms with Crippen molar-refractivity contribution in [1.29, 1.82) is 0 Å². The molecule has 0 aliphatic heterocycles. The molecule has 1 atom stereocenters. The number of rotatable bonds is 4. The van der Waals surface area contributed by atoms with Crippen LogP contribution in [0.5, 0.6) is 0 Å². The van der Waals surface area contributed by atoms with Gasteiger partial charge in [-0.3, -0.25) is 0 Å². The van der Waals surface area contributed by atoms with E-state index in [0.717, 1.165) is 0 Å². The van der Waals surface area contributed by atoms with Gasteiger partial charge >= 0.3 is 5.97 Å². The highest BCUT2D eigenvalue weighted by atomic mass is 16.6. The third-order valence-corrected chi connectivity index (χ3v) is 0.998. The number of carbonyl (C=O) groups excluding carboxylic acids is 1. The van der Waals surface area contributed by atoms with Gasteiger partial charge in [-0.15, -0.1) is 6.42 Å². The molecule has 4 heteroatoms. The SMILES string of the molecule is C#CCO[C@H](CO)C(=O)OC. The van der Waals surface area contributed by atoms with Gasteiger partial charge in [0.2, 0.25) is 0 Å². The van der Waals surface area contributed by atoms with E-state index in [-0.39, 0.29) is 6.61 Å². The molecule has 0 heterocycles. The van der Waals surface area contributed by atoms with E-state index in [2.05, 4.69) is 10.7 Å². The maximum Gasteiger partial charge on any atom is 0.337 e. The first-order valence-corrected chi connectivity index (χ1v) is 3.00. The summed E-state index contributed by atoms with van der Waals surface area (Å²) in [6, 6.07) is 0. The maximum absolute atomic E-state index is 10.7. The van der Waals surface area contributed by atoms with Gasteiger partial charge in [-0.1, -0.05) is 5.92 Å². The highest BCUT2D eigenvalue weighted by Crippen LogP contribution is 1.92. The van der Waals surface area contributed by atoms with Crippen molar-refractivity contribution in [2.75, 3.05) is 20.3 Å². The van der Waals surface area contributed by atoms with E-state index in [9.17, 15) is 4.79 Å². The second-order valence-corrected chi connectivity index (χ2v) is 1.71. The molecule has 0 fully saturated rings. The summed E-state index contributed by atoms with van der Waals surface area (Å²) < 4.78 is 9.04. The fourth-order valence-corrected chi connectivity index (χ4v) is 0.475. The molecule has 11 heavy (non-hydrogen) atoms. The Kier molecular flexibility index (Phi) is 5.17. The average molecular weight is 158 g/mol. The Hall–Kier alpha value is -1.05. The van der Waals surface area contributed by atoms with Gasteiger partial charge in [-0.25, -0.2) is 4.79 Å². The van der Waals surface area contributed by atoms with Crippen molar-refractivity contribution in [2.45, 2.75) is 6.10 Å². The lowest BCUT2D eigenvalue weighted by molar-refractivity contribution is -0.155. The Morgan fingerprint density at radius 1 is 1.82 bits per heavy atom. The van der Waals surface area contributed by atoms with Crippen LogP contribution in [0.3, 0.4) is 0 Å². The zero-order chi connectivity index (χ0) is 8.69. The molecule has 0 aromatic carbocycles. The minimum atomic E-state index is -0.962. The van der Waals surface area contributed by atoms with E-state index in [0.29, 0.717) is 0 Å². The number of carbonyl (C=O) groups is 1. The largest absolute Gasteiger partial charge is 0.467 e. The molecular weight excluding hydrogens is 148 g/mol. The molecule has 0 radical (unpaired) electrons. The normalized spacial score (nSPS) is 11.7. The number of aliphatic hydroxyl groups is 1.